The predicted octanol–water partition coefficient (Wildman–Crippen LogP) is 6.36. The molecule has 4 aromatic carbocycles. The fraction of sp³-hybridized carbons (Fsp3) is 0.154. The minimum Gasteiger partial charge on any atom is -0.491 e. The van der Waals surface area contributed by atoms with E-state index in [1.165, 1.54) is 36.5 Å². The fourth-order valence-electron chi connectivity index (χ4n) is 6.54. The van der Waals surface area contributed by atoms with Crippen LogP contribution in [-0.2, 0) is 24.4 Å². The number of sulfone groups is 2. The molecule has 2 N–H and O–H groups in total. The maximum atomic E-state index is 13.3. The number of halogens is 1. The van der Waals surface area contributed by atoms with Gasteiger partial charge in [0.25, 0.3) is 11.8 Å². The van der Waals surface area contributed by atoms with Crippen LogP contribution in [0, 0.1) is 0 Å². The summed E-state index contributed by atoms with van der Waals surface area (Å²) in [5.41, 5.74) is 3.96. The number of hydrogen-bond donors (Lipinski definition) is 2. The van der Waals surface area contributed by atoms with Crippen molar-refractivity contribution in [2.24, 2.45) is 0 Å². The number of morpholine rings is 1. The molecule has 0 saturated carbocycles. The average Bonchev–Trinajstić information content (AvgIpc) is 3.64. The van der Waals surface area contributed by atoms with Gasteiger partial charge in [0.2, 0.25) is 19.7 Å². The number of amides is 2. The number of aromatic nitrogens is 1. The van der Waals surface area contributed by atoms with Crippen molar-refractivity contribution in [3.05, 3.63) is 129 Å². The lowest BCUT2D eigenvalue weighted by Crippen LogP contribution is -2.40. The number of anilines is 2. The Hall–Kier alpha value is -5.38. The number of benzene rings is 4. The first-order valence-corrected chi connectivity index (χ1v) is 20.3. The van der Waals surface area contributed by atoms with E-state index in [0.717, 1.165) is 21.8 Å². The minimum absolute atomic E-state index is 0.131. The van der Waals surface area contributed by atoms with E-state index in [4.69, 9.17) is 21.1 Å². The van der Waals surface area contributed by atoms with Crippen LogP contribution in [0.2, 0.25) is 5.02 Å². The van der Waals surface area contributed by atoms with Crippen LogP contribution in [0.1, 0.15) is 43.5 Å². The summed E-state index contributed by atoms with van der Waals surface area (Å²) in [6.45, 7) is 2.53. The smallest absolute Gasteiger partial charge is 0.259 e. The fourth-order valence-corrected chi connectivity index (χ4v) is 9.17. The number of carbonyl (C=O) groups is 2. The highest BCUT2D eigenvalue weighted by atomic mass is 35.5. The lowest BCUT2D eigenvalue weighted by Gasteiger charge is -2.33. The third kappa shape index (κ3) is 7.26. The van der Waals surface area contributed by atoms with Gasteiger partial charge >= 0.3 is 0 Å². The number of fused-ring (bicyclic) bond motifs is 3. The molecule has 3 aliphatic heterocycles. The van der Waals surface area contributed by atoms with Gasteiger partial charge in [-0.1, -0.05) is 29.8 Å². The molecule has 0 aliphatic carbocycles. The van der Waals surface area contributed by atoms with Gasteiger partial charge in [-0.3, -0.25) is 19.5 Å². The van der Waals surface area contributed by atoms with Gasteiger partial charge in [0.05, 0.1) is 39.1 Å². The Bertz CT molecular complexity index is 2660. The largest absolute Gasteiger partial charge is 0.491 e. The van der Waals surface area contributed by atoms with Crippen LogP contribution in [0.4, 0.5) is 11.4 Å². The van der Waals surface area contributed by atoms with Gasteiger partial charge in [-0.05, 0) is 89.5 Å². The zero-order chi connectivity index (χ0) is 37.6. The molecule has 2 amide bonds. The SMILES string of the molecule is O=C(Nc1ccc2c(c1)S(=O)(=O)C=C2)c1cnc2ccc(C3CN(CCOc4ccc(Cl)cc4C(=O)Nc4ccc5c(c4)S(=O)(=O)C=C5)CCO3)cc2c1. The predicted molar refractivity (Wildman–Crippen MR) is 205 cm³/mol. The van der Waals surface area contributed by atoms with Crippen LogP contribution in [0.3, 0.4) is 0 Å². The zero-order valence-electron chi connectivity index (χ0n) is 28.4. The molecule has 3 aliphatic rings. The molecule has 0 spiro atoms. The third-order valence-electron chi connectivity index (χ3n) is 9.35. The molecule has 8 rings (SSSR count). The summed E-state index contributed by atoms with van der Waals surface area (Å²) in [4.78, 5) is 33.4. The van der Waals surface area contributed by atoms with Crippen molar-refractivity contribution in [3.8, 4) is 5.75 Å². The van der Waals surface area contributed by atoms with Crippen molar-refractivity contribution in [1.82, 2.24) is 9.88 Å². The van der Waals surface area contributed by atoms with E-state index in [0.29, 0.717) is 70.6 Å². The van der Waals surface area contributed by atoms with Crippen molar-refractivity contribution >= 4 is 77.5 Å². The molecule has 1 atom stereocenters. The first-order chi connectivity index (χ1) is 25.9. The number of pyridine rings is 1. The highest BCUT2D eigenvalue weighted by Crippen LogP contribution is 2.32. The van der Waals surface area contributed by atoms with Gasteiger partial charge in [-0.2, -0.15) is 0 Å². The van der Waals surface area contributed by atoms with Gasteiger partial charge in [0, 0.05) is 58.4 Å². The maximum Gasteiger partial charge on any atom is 0.259 e. The molecule has 0 bridgehead atoms. The quantitative estimate of drug-likeness (QED) is 0.172. The number of rotatable bonds is 9. The van der Waals surface area contributed by atoms with Crippen LogP contribution in [0.25, 0.3) is 23.1 Å². The Balaban J connectivity index is 0.902. The molecule has 54 heavy (non-hydrogen) atoms. The summed E-state index contributed by atoms with van der Waals surface area (Å²) in [5.74, 6) is -0.585. The molecular weight excluding hydrogens is 752 g/mol. The normalized spacial score (nSPS) is 17.9. The van der Waals surface area contributed by atoms with Crippen molar-refractivity contribution in [3.63, 3.8) is 0 Å². The molecule has 1 unspecified atom stereocenters. The third-order valence-corrected chi connectivity index (χ3v) is 12.5. The molecule has 1 aromatic heterocycles. The monoisotopic (exact) mass is 782 g/mol. The Kier molecular flexibility index (Phi) is 9.32. The van der Waals surface area contributed by atoms with Gasteiger partial charge in [-0.25, -0.2) is 16.8 Å². The van der Waals surface area contributed by atoms with Crippen molar-refractivity contribution in [2.45, 2.75) is 15.9 Å². The van der Waals surface area contributed by atoms with Crippen LogP contribution in [-0.4, -0.2) is 71.4 Å². The topological polar surface area (TPSA) is 161 Å². The molecule has 274 valence electrons. The molecular formula is C39H31ClN4O8S2. The van der Waals surface area contributed by atoms with Crippen LogP contribution < -0.4 is 15.4 Å². The van der Waals surface area contributed by atoms with Gasteiger partial charge in [0.15, 0.2) is 0 Å². The number of nitrogens with zero attached hydrogens (tertiary/aromatic N) is 2. The average molecular weight is 783 g/mol. The standard InChI is InChI=1S/C39H31ClN4O8S2/c40-29-4-8-34(32(19-29)39(46)43-31-6-2-25-10-16-54(49,50)37(25)21-31)51-13-11-44-12-14-52-35(23-44)26-3-7-33-27(17-26)18-28(22-41-33)38(45)42-30-5-1-24-9-15-53(47,48)36(24)20-30/h1-10,15-22,35H,11-14,23H2,(H,42,45)(H,43,46). The van der Waals surface area contributed by atoms with E-state index in [-0.39, 0.29) is 28.1 Å². The lowest BCUT2D eigenvalue weighted by molar-refractivity contribution is -0.0328. The lowest BCUT2D eigenvalue weighted by atomic mass is 10.0. The van der Waals surface area contributed by atoms with E-state index in [1.807, 2.05) is 18.2 Å². The van der Waals surface area contributed by atoms with Crippen molar-refractivity contribution in [1.29, 1.82) is 0 Å². The summed E-state index contributed by atoms with van der Waals surface area (Å²) in [7, 11) is -7.06. The zero-order valence-corrected chi connectivity index (χ0v) is 30.7. The van der Waals surface area contributed by atoms with Crippen LogP contribution in [0.5, 0.6) is 5.75 Å². The van der Waals surface area contributed by atoms with Crippen molar-refractivity contribution < 1.29 is 35.9 Å². The number of ether oxygens (including phenoxy) is 2. The second-order valence-corrected chi connectivity index (χ2v) is 17.0. The number of nitrogens with one attached hydrogen (secondary N) is 2. The second-order valence-electron chi connectivity index (χ2n) is 12.9. The van der Waals surface area contributed by atoms with E-state index in [1.54, 1.807) is 42.5 Å². The Morgan fingerprint density at radius 1 is 0.833 bits per heavy atom. The Labute approximate surface area is 315 Å². The highest BCUT2D eigenvalue weighted by Gasteiger charge is 2.25. The minimum atomic E-state index is -3.54. The molecule has 12 nitrogen and oxygen atoms in total. The highest BCUT2D eigenvalue weighted by molar-refractivity contribution is 7.95. The number of carbonyl (C=O) groups excluding carboxylic acids is 2. The maximum absolute atomic E-state index is 13.3. The van der Waals surface area contributed by atoms with Gasteiger partial charge in [0.1, 0.15) is 12.4 Å². The molecule has 1 fully saturated rings. The molecule has 1 saturated heterocycles. The summed E-state index contributed by atoms with van der Waals surface area (Å²) in [6, 6.07) is 21.7. The van der Waals surface area contributed by atoms with Gasteiger partial charge in [-0.15, -0.1) is 0 Å². The summed E-state index contributed by atoms with van der Waals surface area (Å²) < 4.78 is 61.4. The van der Waals surface area contributed by atoms with E-state index < -0.39 is 31.5 Å². The summed E-state index contributed by atoms with van der Waals surface area (Å²) in [6.07, 6.45) is 4.27. The van der Waals surface area contributed by atoms with Crippen molar-refractivity contribution in [2.75, 3.05) is 43.5 Å². The van der Waals surface area contributed by atoms with Crippen LogP contribution >= 0.6 is 11.6 Å². The number of hydrogen-bond acceptors (Lipinski definition) is 10. The molecule has 15 heteroatoms. The van der Waals surface area contributed by atoms with Gasteiger partial charge < -0.3 is 20.1 Å². The summed E-state index contributed by atoms with van der Waals surface area (Å²) in [5, 5.41) is 8.90. The second kappa shape index (κ2) is 14.1. The van der Waals surface area contributed by atoms with Crippen LogP contribution in [0.15, 0.2) is 106 Å². The molecule has 0 radical (unpaired) electrons. The molecule has 4 heterocycles. The van der Waals surface area contributed by atoms with E-state index in [9.17, 15) is 26.4 Å². The van der Waals surface area contributed by atoms with E-state index >= 15 is 0 Å². The molecule has 5 aromatic rings. The first kappa shape index (κ1) is 35.6. The first-order valence-electron chi connectivity index (χ1n) is 16.9. The Morgan fingerprint density at radius 2 is 1.52 bits per heavy atom. The van der Waals surface area contributed by atoms with E-state index in [2.05, 4.69) is 20.5 Å². The Morgan fingerprint density at radius 3 is 2.22 bits per heavy atom. The summed E-state index contributed by atoms with van der Waals surface area (Å²) >= 11 is 6.24.